The number of allylic oxidation sites excluding steroid dienone is 1. The summed E-state index contributed by atoms with van der Waals surface area (Å²) in [7, 11) is 0. The zero-order chi connectivity index (χ0) is 28.6. The van der Waals surface area contributed by atoms with E-state index < -0.39 is 0 Å². The maximum atomic E-state index is 12.8. The summed E-state index contributed by atoms with van der Waals surface area (Å²) in [6, 6.07) is 13.0. The number of amides is 1. The molecule has 0 unspecified atom stereocenters. The molecule has 0 bridgehead atoms. The second-order valence-electron chi connectivity index (χ2n) is 10.9. The molecule has 2 aromatic carbocycles. The Morgan fingerprint density at radius 1 is 0.875 bits per heavy atom. The molecule has 0 aliphatic carbocycles. The van der Waals surface area contributed by atoms with Gasteiger partial charge in [0.2, 0.25) is 0 Å². The first kappa shape index (κ1) is 31.8. The number of nitrogens with zero attached hydrogens (tertiary/aromatic N) is 1. The Labute approximate surface area is 246 Å². The van der Waals surface area contributed by atoms with Gasteiger partial charge in [0.05, 0.1) is 18.0 Å². The van der Waals surface area contributed by atoms with Crippen LogP contribution in [-0.2, 0) is 6.54 Å². The predicted octanol–water partition coefficient (Wildman–Crippen LogP) is 9.59. The fourth-order valence-corrected chi connectivity index (χ4v) is 5.70. The smallest absolute Gasteiger partial charge is 0.255 e. The maximum Gasteiger partial charge on any atom is 0.255 e. The SMILES string of the molecule is CCCCCCCCCCCCCCOc1ccc(NC(=O)c2ccc(CN3C=C(C)SC3)cc2)cc1C(C)=O. The highest BCUT2D eigenvalue weighted by Crippen LogP contribution is 2.27. The van der Waals surface area contributed by atoms with Gasteiger partial charge in [0.25, 0.3) is 5.91 Å². The van der Waals surface area contributed by atoms with Gasteiger partial charge >= 0.3 is 0 Å². The van der Waals surface area contributed by atoms with Crippen LogP contribution in [0.5, 0.6) is 5.75 Å². The summed E-state index contributed by atoms with van der Waals surface area (Å²) < 4.78 is 5.97. The van der Waals surface area contributed by atoms with E-state index in [1.807, 2.05) is 36.0 Å². The van der Waals surface area contributed by atoms with Crippen LogP contribution in [0.4, 0.5) is 5.69 Å². The minimum absolute atomic E-state index is 0.0745. The van der Waals surface area contributed by atoms with Crippen molar-refractivity contribution in [1.82, 2.24) is 4.90 Å². The highest BCUT2D eigenvalue weighted by molar-refractivity contribution is 8.03. The largest absolute Gasteiger partial charge is 0.493 e. The van der Waals surface area contributed by atoms with Crippen LogP contribution in [0.25, 0.3) is 0 Å². The minimum Gasteiger partial charge on any atom is -0.493 e. The Balaban J connectivity index is 1.37. The normalized spacial score (nSPS) is 12.9. The van der Waals surface area contributed by atoms with Crippen LogP contribution in [0.15, 0.2) is 53.6 Å². The van der Waals surface area contributed by atoms with Gasteiger partial charge in [0, 0.05) is 24.0 Å². The van der Waals surface area contributed by atoms with E-state index in [-0.39, 0.29) is 11.7 Å². The molecule has 0 fully saturated rings. The first-order valence-electron chi connectivity index (χ1n) is 15.2. The number of Topliss-reactive ketones (excluding diaryl/α,β-unsaturated/α-hetero) is 1. The number of rotatable bonds is 19. The van der Waals surface area contributed by atoms with Gasteiger partial charge in [-0.25, -0.2) is 0 Å². The lowest BCUT2D eigenvalue weighted by atomic mass is 10.1. The Bertz CT molecular complexity index is 1100. The van der Waals surface area contributed by atoms with Crippen LogP contribution in [0.2, 0.25) is 0 Å². The molecule has 3 rings (SSSR count). The van der Waals surface area contributed by atoms with E-state index in [0.29, 0.717) is 29.2 Å². The van der Waals surface area contributed by atoms with Gasteiger partial charge in [-0.2, -0.15) is 0 Å². The lowest BCUT2D eigenvalue weighted by Gasteiger charge is -2.15. The van der Waals surface area contributed by atoms with Gasteiger partial charge in [-0.05, 0) is 61.1 Å². The maximum absolute atomic E-state index is 12.8. The number of carbonyl (C=O) groups is 2. The molecule has 0 spiro atoms. The van der Waals surface area contributed by atoms with Gasteiger partial charge in [-0.3, -0.25) is 9.59 Å². The van der Waals surface area contributed by atoms with Gasteiger partial charge in [0.1, 0.15) is 5.75 Å². The lowest BCUT2D eigenvalue weighted by Crippen LogP contribution is -2.14. The third-order valence-electron chi connectivity index (χ3n) is 7.30. The number of carbonyl (C=O) groups excluding carboxylic acids is 2. The summed E-state index contributed by atoms with van der Waals surface area (Å²) in [5, 5.41) is 2.93. The number of ketones is 1. The third-order valence-corrected chi connectivity index (χ3v) is 8.32. The van der Waals surface area contributed by atoms with Crippen LogP contribution in [0.1, 0.15) is 124 Å². The van der Waals surface area contributed by atoms with E-state index in [9.17, 15) is 9.59 Å². The molecular formula is C34H48N2O3S. The molecule has 0 atom stereocenters. The highest BCUT2D eigenvalue weighted by atomic mass is 32.2. The van der Waals surface area contributed by atoms with Crippen molar-refractivity contribution >= 4 is 29.1 Å². The van der Waals surface area contributed by atoms with E-state index in [1.54, 1.807) is 18.2 Å². The molecule has 6 heteroatoms. The van der Waals surface area contributed by atoms with Gasteiger partial charge in [-0.15, -0.1) is 11.8 Å². The van der Waals surface area contributed by atoms with Crippen molar-refractivity contribution in [3.63, 3.8) is 0 Å². The summed E-state index contributed by atoms with van der Waals surface area (Å²) in [6.07, 6.45) is 17.7. The van der Waals surface area contributed by atoms with Crippen molar-refractivity contribution in [3.8, 4) is 5.75 Å². The van der Waals surface area contributed by atoms with Crippen LogP contribution in [-0.4, -0.2) is 29.1 Å². The number of thioether (sulfide) groups is 1. The Hall–Kier alpha value is -2.73. The van der Waals surface area contributed by atoms with Crippen LogP contribution < -0.4 is 10.1 Å². The van der Waals surface area contributed by atoms with Crippen molar-refractivity contribution < 1.29 is 14.3 Å². The monoisotopic (exact) mass is 564 g/mol. The minimum atomic E-state index is -0.196. The van der Waals surface area contributed by atoms with E-state index in [2.05, 4.69) is 30.3 Å². The molecule has 40 heavy (non-hydrogen) atoms. The molecule has 1 aliphatic heterocycles. The molecule has 2 aromatic rings. The second kappa shape index (κ2) is 17.9. The number of unbranched alkanes of at least 4 members (excludes halogenated alkanes) is 11. The van der Waals surface area contributed by atoms with E-state index in [1.165, 1.54) is 76.0 Å². The van der Waals surface area contributed by atoms with Crippen molar-refractivity contribution in [3.05, 3.63) is 70.3 Å². The summed E-state index contributed by atoms with van der Waals surface area (Å²) in [4.78, 5) is 28.7. The first-order chi connectivity index (χ1) is 19.5. The number of nitrogens with one attached hydrogen (secondary N) is 1. The zero-order valence-electron chi connectivity index (χ0n) is 24.8. The molecule has 0 aromatic heterocycles. The number of benzene rings is 2. The fraction of sp³-hybridized carbons (Fsp3) is 0.529. The number of hydrogen-bond acceptors (Lipinski definition) is 5. The molecule has 1 amide bonds. The Kier molecular flexibility index (Phi) is 14.2. The molecule has 218 valence electrons. The predicted molar refractivity (Wildman–Crippen MR) is 169 cm³/mol. The molecule has 1 N–H and O–H groups in total. The second-order valence-corrected chi connectivity index (χ2v) is 12.1. The molecule has 5 nitrogen and oxygen atoms in total. The topological polar surface area (TPSA) is 58.6 Å². The standard InChI is InChI=1S/C34H48N2O3S/c1-4-5-6-7-8-9-10-11-12-13-14-15-22-39-33-21-20-31(23-32(33)28(3)37)35-34(38)30-18-16-29(17-19-30)25-36-24-27(2)40-26-36/h16-21,23-24H,4-15,22,25-26H2,1-3H3,(H,35,38). The molecule has 1 aliphatic rings. The van der Waals surface area contributed by atoms with Crippen LogP contribution in [0, 0.1) is 0 Å². The summed E-state index contributed by atoms with van der Waals surface area (Å²) in [5.74, 6) is 1.28. The van der Waals surface area contributed by atoms with Crippen molar-refractivity contribution in [2.45, 2.75) is 104 Å². The molecule has 1 heterocycles. The lowest BCUT2D eigenvalue weighted by molar-refractivity contribution is 0.100. The van der Waals surface area contributed by atoms with Gasteiger partial charge in [0.15, 0.2) is 5.78 Å². The van der Waals surface area contributed by atoms with Crippen molar-refractivity contribution in [2.75, 3.05) is 17.8 Å². The zero-order valence-corrected chi connectivity index (χ0v) is 25.6. The summed E-state index contributed by atoms with van der Waals surface area (Å²) in [6.45, 7) is 7.34. The van der Waals surface area contributed by atoms with Crippen LogP contribution in [0.3, 0.4) is 0 Å². The van der Waals surface area contributed by atoms with Gasteiger partial charge in [-0.1, -0.05) is 89.7 Å². The average Bonchev–Trinajstić information content (AvgIpc) is 3.36. The average molecular weight is 565 g/mol. The van der Waals surface area contributed by atoms with Crippen LogP contribution >= 0.6 is 11.8 Å². The quantitative estimate of drug-likeness (QED) is 0.136. The molecule has 0 saturated heterocycles. The van der Waals surface area contributed by atoms with E-state index >= 15 is 0 Å². The summed E-state index contributed by atoms with van der Waals surface area (Å²) >= 11 is 1.84. The first-order valence-corrected chi connectivity index (χ1v) is 16.2. The molecular weight excluding hydrogens is 516 g/mol. The number of hydrogen-bond donors (Lipinski definition) is 1. The molecule has 0 radical (unpaired) electrons. The van der Waals surface area contributed by atoms with E-state index in [0.717, 1.165) is 30.8 Å². The Morgan fingerprint density at radius 3 is 2.08 bits per heavy atom. The van der Waals surface area contributed by atoms with Gasteiger partial charge < -0.3 is 15.0 Å². The Morgan fingerprint density at radius 2 is 1.50 bits per heavy atom. The van der Waals surface area contributed by atoms with Crippen molar-refractivity contribution in [1.29, 1.82) is 0 Å². The molecule has 0 saturated carbocycles. The highest BCUT2D eigenvalue weighted by Gasteiger charge is 2.14. The number of ether oxygens (including phenoxy) is 1. The number of anilines is 1. The third kappa shape index (κ3) is 11.4. The fourth-order valence-electron chi connectivity index (χ4n) is 4.94. The van der Waals surface area contributed by atoms with E-state index in [4.69, 9.17) is 4.74 Å². The van der Waals surface area contributed by atoms with Crippen molar-refractivity contribution in [2.24, 2.45) is 0 Å². The summed E-state index contributed by atoms with van der Waals surface area (Å²) in [5.41, 5.74) is 2.84.